The van der Waals surface area contributed by atoms with Crippen molar-refractivity contribution in [2.75, 3.05) is 7.11 Å². The number of hydrogen-bond donors (Lipinski definition) is 2. The van der Waals surface area contributed by atoms with Crippen molar-refractivity contribution in [2.45, 2.75) is 20.0 Å². The number of fused-ring (bicyclic) bond motifs is 1. The maximum atomic E-state index is 12.9. The summed E-state index contributed by atoms with van der Waals surface area (Å²) >= 11 is 0. The van der Waals surface area contributed by atoms with Crippen molar-refractivity contribution in [3.8, 4) is 16.9 Å². The van der Waals surface area contributed by atoms with Crippen molar-refractivity contribution in [1.82, 2.24) is 20.1 Å². The first kappa shape index (κ1) is 17.9. The lowest BCUT2D eigenvalue weighted by molar-refractivity contribution is 0.0952. The second-order valence-corrected chi connectivity index (χ2v) is 6.58. The van der Waals surface area contributed by atoms with Crippen LogP contribution < -0.4 is 10.1 Å². The molecule has 4 aromatic rings. The summed E-state index contributed by atoms with van der Waals surface area (Å²) in [5.41, 5.74) is 4.80. The van der Waals surface area contributed by atoms with Crippen LogP contribution in [0.25, 0.3) is 22.0 Å². The van der Waals surface area contributed by atoms with Crippen LogP contribution in [0.4, 0.5) is 0 Å². The minimum absolute atomic E-state index is 0.0870. The number of ether oxygens (including phenoxy) is 1. The fraction of sp³-hybridized carbons (Fsp3) is 0.182. The van der Waals surface area contributed by atoms with Gasteiger partial charge in [0.15, 0.2) is 0 Å². The molecule has 0 atom stereocenters. The van der Waals surface area contributed by atoms with Gasteiger partial charge in [0.2, 0.25) is 0 Å². The van der Waals surface area contributed by atoms with Crippen molar-refractivity contribution >= 4 is 16.8 Å². The minimum atomic E-state index is -0.0870. The molecule has 0 aliphatic carbocycles. The van der Waals surface area contributed by atoms with E-state index in [4.69, 9.17) is 4.74 Å². The Kier molecular flexibility index (Phi) is 4.85. The summed E-state index contributed by atoms with van der Waals surface area (Å²) in [5, 5.41) is 10.8. The summed E-state index contributed by atoms with van der Waals surface area (Å²) in [7, 11) is 1.63. The third-order valence-corrected chi connectivity index (χ3v) is 4.89. The Bertz CT molecular complexity index is 1110. The maximum absolute atomic E-state index is 12.9. The van der Waals surface area contributed by atoms with Crippen molar-refractivity contribution in [2.24, 2.45) is 0 Å². The second-order valence-electron chi connectivity index (χ2n) is 6.58. The third-order valence-electron chi connectivity index (χ3n) is 4.89. The van der Waals surface area contributed by atoms with Crippen molar-refractivity contribution in [3.63, 3.8) is 0 Å². The molecule has 0 bridgehead atoms. The highest BCUT2D eigenvalue weighted by molar-refractivity contribution is 6.07. The van der Waals surface area contributed by atoms with E-state index in [-0.39, 0.29) is 5.91 Å². The van der Waals surface area contributed by atoms with E-state index >= 15 is 0 Å². The van der Waals surface area contributed by atoms with E-state index in [2.05, 4.69) is 33.1 Å². The highest BCUT2D eigenvalue weighted by atomic mass is 16.5. The molecule has 0 fully saturated rings. The summed E-state index contributed by atoms with van der Waals surface area (Å²) in [4.78, 5) is 12.9. The number of H-pyrrole nitrogens is 1. The number of rotatable bonds is 6. The minimum Gasteiger partial charge on any atom is -0.497 e. The Hall–Kier alpha value is -3.54. The zero-order valence-corrected chi connectivity index (χ0v) is 15.9. The molecule has 0 aliphatic rings. The number of hydrogen-bond acceptors (Lipinski definition) is 3. The molecule has 0 aliphatic heterocycles. The number of benzene rings is 2. The average molecular weight is 374 g/mol. The number of carbonyl (C=O) groups is 1. The number of aryl methyl sites for hydroxylation is 1. The molecule has 4 rings (SSSR count). The molecule has 0 radical (unpaired) electrons. The van der Waals surface area contributed by atoms with E-state index in [1.54, 1.807) is 13.3 Å². The number of nitrogens with one attached hydrogen (secondary N) is 2. The van der Waals surface area contributed by atoms with Crippen LogP contribution in [0, 0.1) is 0 Å². The average Bonchev–Trinajstić information content (AvgIpc) is 3.39. The SMILES string of the molecule is CCn1cc(C(=O)NCc2cccc(OC)c2)c2ccc(-c3cn[nH]c3)cc21. The van der Waals surface area contributed by atoms with Crippen LogP contribution in [-0.2, 0) is 13.1 Å². The van der Waals surface area contributed by atoms with E-state index in [1.165, 1.54) is 0 Å². The van der Waals surface area contributed by atoms with Crippen LogP contribution in [0.3, 0.4) is 0 Å². The van der Waals surface area contributed by atoms with E-state index in [0.717, 1.165) is 39.9 Å². The van der Waals surface area contributed by atoms with Gasteiger partial charge in [-0.1, -0.05) is 24.3 Å². The molecule has 2 aromatic heterocycles. The molecule has 0 unspecified atom stereocenters. The zero-order chi connectivity index (χ0) is 19.5. The van der Waals surface area contributed by atoms with Gasteiger partial charge in [-0.3, -0.25) is 9.89 Å². The van der Waals surface area contributed by atoms with Gasteiger partial charge in [0.05, 0.1) is 18.9 Å². The van der Waals surface area contributed by atoms with E-state index in [9.17, 15) is 4.79 Å². The maximum Gasteiger partial charge on any atom is 0.253 e. The highest BCUT2D eigenvalue weighted by Crippen LogP contribution is 2.27. The zero-order valence-electron chi connectivity index (χ0n) is 15.9. The largest absolute Gasteiger partial charge is 0.497 e. The fourth-order valence-corrected chi connectivity index (χ4v) is 3.38. The standard InChI is InChI=1S/C22H22N4O2/c1-3-26-14-20(22(27)23-11-15-5-4-6-18(9-15)28-2)19-8-7-16(10-21(19)26)17-12-24-25-13-17/h4-10,12-14H,3,11H2,1-2H3,(H,23,27)(H,24,25). The van der Waals surface area contributed by atoms with Gasteiger partial charge in [0, 0.05) is 41.9 Å². The Balaban J connectivity index is 1.61. The molecule has 2 N–H and O–H groups in total. The first-order valence-corrected chi connectivity index (χ1v) is 9.22. The Labute approximate surface area is 163 Å². The molecule has 0 saturated carbocycles. The Morgan fingerprint density at radius 2 is 2.11 bits per heavy atom. The lowest BCUT2D eigenvalue weighted by atomic mass is 10.1. The van der Waals surface area contributed by atoms with E-state index < -0.39 is 0 Å². The normalized spacial score (nSPS) is 10.9. The van der Waals surface area contributed by atoms with Crippen molar-refractivity contribution in [3.05, 3.63) is 72.2 Å². The molecule has 142 valence electrons. The highest BCUT2D eigenvalue weighted by Gasteiger charge is 2.15. The topological polar surface area (TPSA) is 71.9 Å². The third kappa shape index (κ3) is 3.36. The molecule has 1 amide bonds. The molecular formula is C22H22N4O2. The lowest BCUT2D eigenvalue weighted by Gasteiger charge is -2.06. The first-order chi connectivity index (χ1) is 13.7. The van der Waals surface area contributed by atoms with E-state index in [1.807, 2.05) is 48.8 Å². The summed E-state index contributed by atoms with van der Waals surface area (Å²) in [6.45, 7) is 3.30. The second kappa shape index (κ2) is 7.60. The van der Waals surface area contributed by atoms with Crippen LogP contribution in [0.5, 0.6) is 5.75 Å². The molecular weight excluding hydrogens is 352 g/mol. The predicted molar refractivity (Wildman–Crippen MR) is 109 cm³/mol. The van der Waals surface area contributed by atoms with Crippen LogP contribution in [-0.4, -0.2) is 27.8 Å². The number of amides is 1. The summed E-state index contributed by atoms with van der Waals surface area (Å²) in [5.74, 6) is 0.692. The van der Waals surface area contributed by atoms with Crippen molar-refractivity contribution < 1.29 is 9.53 Å². The van der Waals surface area contributed by atoms with Gasteiger partial charge in [0.25, 0.3) is 5.91 Å². The Morgan fingerprint density at radius 3 is 2.86 bits per heavy atom. The lowest BCUT2D eigenvalue weighted by Crippen LogP contribution is -2.22. The monoisotopic (exact) mass is 374 g/mol. The number of aromatic amines is 1. The predicted octanol–water partition coefficient (Wildman–Crippen LogP) is 3.99. The van der Waals surface area contributed by atoms with Crippen molar-refractivity contribution in [1.29, 1.82) is 0 Å². The van der Waals surface area contributed by atoms with Gasteiger partial charge >= 0.3 is 0 Å². The molecule has 28 heavy (non-hydrogen) atoms. The number of nitrogens with zero attached hydrogens (tertiary/aromatic N) is 2. The summed E-state index contributed by atoms with van der Waals surface area (Å²) < 4.78 is 7.34. The molecule has 6 nitrogen and oxygen atoms in total. The van der Waals surface area contributed by atoms with Gasteiger partial charge in [-0.2, -0.15) is 5.10 Å². The fourth-order valence-electron chi connectivity index (χ4n) is 3.38. The molecule has 2 heterocycles. The molecule has 2 aromatic carbocycles. The van der Waals surface area contributed by atoms with Gasteiger partial charge in [-0.25, -0.2) is 0 Å². The van der Waals surface area contributed by atoms with Crippen LogP contribution in [0.15, 0.2) is 61.1 Å². The molecule has 0 saturated heterocycles. The van der Waals surface area contributed by atoms with E-state index in [0.29, 0.717) is 12.1 Å². The quantitative estimate of drug-likeness (QED) is 0.536. The van der Waals surface area contributed by atoms with Gasteiger partial charge < -0.3 is 14.6 Å². The Morgan fingerprint density at radius 1 is 1.21 bits per heavy atom. The smallest absolute Gasteiger partial charge is 0.253 e. The van der Waals surface area contributed by atoms with Crippen LogP contribution >= 0.6 is 0 Å². The molecule has 0 spiro atoms. The summed E-state index contributed by atoms with van der Waals surface area (Å²) in [6.07, 6.45) is 5.58. The van der Waals surface area contributed by atoms with Crippen LogP contribution in [0.2, 0.25) is 0 Å². The van der Waals surface area contributed by atoms with Gasteiger partial charge in [0.1, 0.15) is 5.75 Å². The molecule has 6 heteroatoms. The number of aromatic nitrogens is 3. The number of carbonyl (C=O) groups excluding carboxylic acids is 1. The first-order valence-electron chi connectivity index (χ1n) is 9.22. The van der Waals surface area contributed by atoms with Gasteiger partial charge in [-0.05, 0) is 36.2 Å². The van der Waals surface area contributed by atoms with Gasteiger partial charge in [-0.15, -0.1) is 0 Å². The van der Waals surface area contributed by atoms with Crippen LogP contribution in [0.1, 0.15) is 22.8 Å². The summed E-state index contributed by atoms with van der Waals surface area (Å²) in [6, 6.07) is 13.8. The number of methoxy groups -OCH3 is 1.